The molecular weight excluding hydrogens is 209 g/mol. The molecule has 0 rings (SSSR count). The first-order chi connectivity index (χ1) is 6.98. The lowest BCUT2D eigenvalue weighted by molar-refractivity contribution is -0.173. The number of hydrogen-bond acceptors (Lipinski definition) is 2. The van der Waals surface area contributed by atoms with E-state index in [9.17, 15) is 18.0 Å². The first-order valence-electron chi connectivity index (χ1n) is 5.04. The Morgan fingerprint density at radius 1 is 1.13 bits per heavy atom. The second-order valence-electron chi connectivity index (χ2n) is 3.21. The minimum absolute atomic E-state index is 0.0755. The summed E-state index contributed by atoms with van der Waals surface area (Å²) in [6, 6.07) is 0. The summed E-state index contributed by atoms with van der Waals surface area (Å²) >= 11 is 0. The number of amides is 1. The van der Waals surface area contributed by atoms with Crippen LogP contribution in [0.15, 0.2) is 0 Å². The van der Waals surface area contributed by atoms with E-state index in [-0.39, 0.29) is 6.54 Å². The summed E-state index contributed by atoms with van der Waals surface area (Å²) < 4.78 is 35.1. The highest BCUT2D eigenvalue weighted by molar-refractivity contribution is 5.81. The van der Waals surface area contributed by atoms with Crippen LogP contribution in [-0.4, -0.2) is 31.7 Å². The van der Waals surface area contributed by atoms with Crippen molar-refractivity contribution in [2.75, 3.05) is 19.6 Å². The molecule has 0 aliphatic rings. The summed E-state index contributed by atoms with van der Waals surface area (Å²) in [7, 11) is 0. The normalized spacial score (nSPS) is 11.5. The second-order valence-corrected chi connectivity index (χ2v) is 3.21. The van der Waals surface area contributed by atoms with Crippen LogP contribution in [0, 0.1) is 0 Å². The molecule has 0 aliphatic carbocycles. The van der Waals surface area contributed by atoms with Crippen LogP contribution in [-0.2, 0) is 4.79 Å². The number of halogens is 3. The molecule has 2 N–H and O–H groups in total. The molecule has 0 aromatic carbocycles. The van der Waals surface area contributed by atoms with E-state index in [4.69, 9.17) is 0 Å². The molecule has 6 heteroatoms. The number of carbonyl (C=O) groups excluding carboxylic acids is 1. The summed E-state index contributed by atoms with van der Waals surface area (Å²) in [5, 5.41) is 4.94. The molecule has 0 saturated carbocycles. The predicted octanol–water partition coefficient (Wildman–Crippen LogP) is 1.44. The van der Waals surface area contributed by atoms with Crippen molar-refractivity contribution in [2.24, 2.45) is 0 Å². The Balaban J connectivity index is 3.28. The van der Waals surface area contributed by atoms with Crippen LogP contribution in [0.2, 0.25) is 0 Å². The molecule has 15 heavy (non-hydrogen) atoms. The molecule has 0 radical (unpaired) electrons. The van der Waals surface area contributed by atoms with Crippen molar-refractivity contribution in [3.63, 3.8) is 0 Å². The van der Waals surface area contributed by atoms with Gasteiger partial charge in [0.2, 0.25) is 0 Å². The molecular formula is C9H17F3N2O. The van der Waals surface area contributed by atoms with Crippen LogP contribution in [0.25, 0.3) is 0 Å². The average molecular weight is 226 g/mol. The van der Waals surface area contributed by atoms with Crippen LogP contribution >= 0.6 is 0 Å². The van der Waals surface area contributed by atoms with Gasteiger partial charge in [-0.3, -0.25) is 4.79 Å². The third-order valence-electron chi connectivity index (χ3n) is 1.75. The Labute approximate surface area is 87.4 Å². The second kappa shape index (κ2) is 7.50. The van der Waals surface area contributed by atoms with Crippen molar-refractivity contribution in [3.8, 4) is 0 Å². The molecule has 1 amide bonds. The van der Waals surface area contributed by atoms with Gasteiger partial charge in [0.05, 0.1) is 0 Å². The van der Waals surface area contributed by atoms with Gasteiger partial charge in [0, 0.05) is 6.54 Å². The molecule has 90 valence electrons. The van der Waals surface area contributed by atoms with Crippen LogP contribution in [0.4, 0.5) is 13.2 Å². The Kier molecular flexibility index (Phi) is 7.11. The Morgan fingerprint density at radius 2 is 1.73 bits per heavy atom. The zero-order chi connectivity index (χ0) is 11.7. The van der Waals surface area contributed by atoms with Crippen LogP contribution in [0.3, 0.4) is 0 Å². The van der Waals surface area contributed by atoms with E-state index in [0.717, 1.165) is 25.9 Å². The van der Waals surface area contributed by atoms with E-state index >= 15 is 0 Å². The van der Waals surface area contributed by atoms with E-state index < -0.39 is 12.1 Å². The number of hydrogen-bond donors (Lipinski definition) is 2. The molecule has 0 atom stereocenters. The number of alkyl halides is 3. The molecule has 3 nitrogen and oxygen atoms in total. The lowest BCUT2D eigenvalue weighted by Gasteiger charge is -2.07. The molecule has 0 spiro atoms. The van der Waals surface area contributed by atoms with Crippen molar-refractivity contribution >= 4 is 5.91 Å². The van der Waals surface area contributed by atoms with Gasteiger partial charge >= 0.3 is 12.1 Å². The summed E-state index contributed by atoms with van der Waals surface area (Å²) in [5.41, 5.74) is 0. The Morgan fingerprint density at radius 3 is 2.27 bits per heavy atom. The number of rotatable bonds is 7. The van der Waals surface area contributed by atoms with Crippen molar-refractivity contribution in [1.29, 1.82) is 0 Å². The smallest absolute Gasteiger partial charge is 0.348 e. The van der Waals surface area contributed by atoms with Crippen LogP contribution < -0.4 is 10.6 Å². The highest BCUT2D eigenvalue weighted by atomic mass is 19.4. The standard InChI is InChI=1S/C9H17F3N2O/c1-2-5-13-6-3-4-7-14-8(15)9(10,11)12/h13H,2-7H2,1H3,(H,14,15). The van der Waals surface area contributed by atoms with Crippen LogP contribution in [0.1, 0.15) is 26.2 Å². The molecule has 0 aliphatic heterocycles. The van der Waals surface area contributed by atoms with E-state index in [1.165, 1.54) is 0 Å². The molecule has 0 bridgehead atoms. The zero-order valence-electron chi connectivity index (χ0n) is 8.78. The van der Waals surface area contributed by atoms with Gasteiger partial charge in [-0.05, 0) is 32.4 Å². The van der Waals surface area contributed by atoms with Crippen molar-refractivity contribution < 1.29 is 18.0 Å². The lowest BCUT2D eigenvalue weighted by atomic mass is 10.3. The fraction of sp³-hybridized carbons (Fsp3) is 0.889. The van der Waals surface area contributed by atoms with E-state index in [2.05, 4.69) is 5.32 Å². The van der Waals surface area contributed by atoms with Gasteiger partial charge in [-0.15, -0.1) is 0 Å². The summed E-state index contributed by atoms with van der Waals surface area (Å²) in [4.78, 5) is 10.3. The summed E-state index contributed by atoms with van der Waals surface area (Å²) in [6.07, 6.45) is -2.41. The largest absolute Gasteiger partial charge is 0.471 e. The fourth-order valence-corrected chi connectivity index (χ4v) is 0.979. The zero-order valence-corrected chi connectivity index (χ0v) is 8.78. The predicted molar refractivity (Wildman–Crippen MR) is 51.5 cm³/mol. The average Bonchev–Trinajstić information content (AvgIpc) is 2.14. The van der Waals surface area contributed by atoms with Gasteiger partial charge < -0.3 is 10.6 Å². The topological polar surface area (TPSA) is 41.1 Å². The summed E-state index contributed by atoms with van der Waals surface area (Å²) in [5.74, 6) is -1.86. The van der Waals surface area contributed by atoms with Crippen molar-refractivity contribution in [2.45, 2.75) is 32.4 Å². The van der Waals surface area contributed by atoms with E-state index in [0.29, 0.717) is 6.42 Å². The quantitative estimate of drug-likeness (QED) is 0.645. The highest BCUT2D eigenvalue weighted by Gasteiger charge is 2.37. The van der Waals surface area contributed by atoms with E-state index in [1.54, 1.807) is 0 Å². The summed E-state index contributed by atoms with van der Waals surface area (Å²) in [6.45, 7) is 3.80. The SMILES string of the molecule is CCCNCCCCNC(=O)C(F)(F)F. The molecule has 0 heterocycles. The number of carbonyl (C=O) groups is 1. The maximum Gasteiger partial charge on any atom is 0.471 e. The lowest BCUT2D eigenvalue weighted by Crippen LogP contribution is -2.37. The molecule has 0 fully saturated rings. The van der Waals surface area contributed by atoms with Gasteiger partial charge in [-0.25, -0.2) is 0 Å². The third kappa shape index (κ3) is 8.23. The minimum atomic E-state index is -4.76. The Hall–Kier alpha value is -0.780. The number of unbranched alkanes of at least 4 members (excludes halogenated alkanes) is 1. The van der Waals surface area contributed by atoms with Gasteiger partial charge in [0.15, 0.2) is 0 Å². The molecule has 0 unspecified atom stereocenters. The Bertz CT molecular complexity index is 183. The molecule has 0 aromatic rings. The first kappa shape index (κ1) is 14.2. The number of nitrogens with one attached hydrogen (secondary N) is 2. The minimum Gasteiger partial charge on any atom is -0.348 e. The highest BCUT2D eigenvalue weighted by Crippen LogP contribution is 2.13. The maximum absolute atomic E-state index is 11.7. The first-order valence-corrected chi connectivity index (χ1v) is 5.04. The van der Waals surface area contributed by atoms with Gasteiger partial charge in [-0.1, -0.05) is 6.92 Å². The van der Waals surface area contributed by atoms with Gasteiger partial charge in [0.1, 0.15) is 0 Å². The van der Waals surface area contributed by atoms with Crippen LogP contribution in [0.5, 0.6) is 0 Å². The van der Waals surface area contributed by atoms with E-state index in [1.807, 2.05) is 12.2 Å². The third-order valence-corrected chi connectivity index (χ3v) is 1.75. The molecule has 0 saturated heterocycles. The monoisotopic (exact) mass is 226 g/mol. The van der Waals surface area contributed by atoms with Crippen molar-refractivity contribution in [3.05, 3.63) is 0 Å². The van der Waals surface area contributed by atoms with Crippen molar-refractivity contribution in [1.82, 2.24) is 10.6 Å². The molecule has 0 aromatic heterocycles. The van der Waals surface area contributed by atoms with Gasteiger partial charge in [-0.2, -0.15) is 13.2 Å². The maximum atomic E-state index is 11.7. The van der Waals surface area contributed by atoms with Gasteiger partial charge in [0.25, 0.3) is 0 Å². The fourth-order valence-electron chi connectivity index (χ4n) is 0.979.